The number of carbonyl (C=O) groups excluding carboxylic acids is 1. The number of carbonyl (C=O) groups is 1. The Bertz CT molecular complexity index is 334. The third-order valence-corrected chi connectivity index (χ3v) is 1.75. The topological polar surface area (TPSA) is 73.6 Å². The van der Waals surface area contributed by atoms with Crippen LogP contribution in [0.5, 0.6) is 11.5 Å². The van der Waals surface area contributed by atoms with Gasteiger partial charge >= 0.3 is 0 Å². The van der Waals surface area contributed by atoms with Crippen LogP contribution in [-0.4, -0.2) is 26.5 Å². The number of benzene rings is 1. The first-order valence-corrected chi connectivity index (χ1v) is 4.54. The van der Waals surface area contributed by atoms with E-state index in [9.17, 15) is 4.79 Å². The summed E-state index contributed by atoms with van der Waals surface area (Å²) in [6, 6.07) is 4.91. The summed E-state index contributed by atoms with van der Waals surface area (Å²) in [5, 5.41) is 0. The molecule has 0 fully saturated rings. The molecule has 5 nitrogen and oxygen atoms in total. The summed E-state index contributed by atoms with van der Waals surface area (Å²) in [5.74, 6) is 1.03. The molecule has 87 valence electrons. The summed E-state index contributed by atoms with van der Waals surface area (Å²) in [6.45, 7) is 1.02. The smallest absolute Gasteiger partial charge is 0.188 e. The molecule has 0 heterocycles. The molecular formula is C10H14N2O3V. The zero-order valence-electron chi connectivity index (χ0n) is 8.97. The molecule has 0 aliphatic heterocycles. The molecule has 3 N–H and O–H groups in total. The molecule has 0 saturated heterocycles. The van der Waals surface area contributed by atoms with Crippen LogP contribution in [0.4, 0.5) is 0 Å². The number of hydrogen-bond acceptors (Lipinski definition) is 5. The van der Waals surface area contributed by atoms with Gasteiger partial charge in [0.2, 0.25) is 0 Å². The van der Waals surface area contributed by atoms with Crippen molar-refractivity contribution >= 4 is 6.29 Å². The van der Waals surface area contributed by atoms with Crippen molar-refractivity contribution in [1.29, 1.82) is 0 Å². The summed E-state index contributed by atoms with van der Waals surface area (Å²) in [5.41, 5.74) is 8.50. The van der Waals surface area contributed by atoms with Crippen molar-refractivity contribution in [3.8, 4) is 11.5 Å². The van der Waals surface area contributed by atoms with Crippen LogP contribution in [0, 0.1) is 0 Å². The Kier molecular flexibility index (Phi) is 7.67. The van der Waals surface area contributed by atoms with E-state index >= 15 is 0 Å². The van der Waals surface area contributed by atoms with E-state index in [-0.39, 0.29) is 18.6 Å². The van der Waals surface area contributed by atoms with Crippen LogP contribution >= 0.6 is 0 Å². The van der Waals surface area contributed by atoms with Crippen LogP contribution in [0.2, 0.25) is 0 Å². The average molecular weight is 261 g/mol. The molecule has 1 radical (unpaired) electrons. The van der Waals surface area contributed by atoms with Crippen molar-refractivity contribution in [2.24, 2.45) is 5.73 Å². The van der Waals surface area contributed by atoms with E-state index in [1.807, 2.05) is 0 Å². The van der Waals surface area contributed by atoms with Crippen molar-refractivity contribution in [1.82, 2.24) is 5.48 Å². The predicted octanol–water partition coefficient (Wildman–Crippen LogP) is 0.347. The number of rotatable bonds is 6. The van der Waals surface area contributed by atoms with Crippen LogP contribution in [0.15, 0.2) is 18.2 Å². The summed E-state index contributed by atoms with van der Waals surface area (Å²) in [6.07, 6.45) is 0.750. The monoisotopic (exact) mass is 261 g/mol. The zero-order valence-corrected chi connectivity index (χ0v) is 10.4. The number of methoxy groups -OCH3 is 1. The van der Waals surface area contributed by atoms with Crippen molar-refractivity contribution in [3.63, 3.8) is 0 Å². The minimum absolute atomic E-state index is 0. The van der Waals surface area contributed by atoms with Gasteiger partial charge in [-0.25, -0.2) is 0 Å². The fourth-order valence-electron chi connectivity index (χ4n) is 1.03. The first kappa shape index (κ1) is 15.0. The van der Waals surface area contributed by atoms with E-state index in [2.05, 4.69) is 5.48 Å². The summed E-state index contributed by atoms with van der Waals surface area (Å²) in [4.78, 5) is 15.7. The van der Waals surface area contributed by atoms with Crippen LogP contribution in [0.25, 0.3) is 0 Å². The maximum absolute atomic E-state index is 10.5. The van der Waals surface area contributed by atoms with Gasteiger partial charge in [0.05, 0.1) is 7.11 Å². The molecule has 0 saturated carbocycles. The minimum Gasteiger partial charge on any atom is -0.493 e. The second kappa shape index (κ2) is 8.18. The Balaban J connectivity index is 0.00000225. The largest absolute Gasteiger partial charge is 0.493 e. The number of hydrogen-bond donors (Lipinski definition) is 2. The third kappa shape index (κ3) is 4.24. The zero-order chi connectivity index (χ0) is 11.1. The molecule has 0 spiro atoms. The molecule has 0 unspecified atom stereocenters. The number of nitrogens with one attached hydrogen (secondary N) is 1. The molecule has 0 amide bonds. The van der Waals surface area contributed by atoms with Crippen molar-refractivity contribution in [3.05, 3.63) is 23.8 Å². The van der Waals surface area contributed by atoms with Gasteiger partial charge in [0.25, 0.3) is 0 Å². The van der Waals surface area contributed by atoms with E-state index in [0.29, 0.717) is 30.2 Å². The second-order valence-corrected chi connectivity index (χ2v) is 2.81. The molecular weight excluding hydrogens is 247 g/mol. The third-order valence-electron chi connectivity index (χ3n) is 1.75. The van der Waals surface area contributed by atoms with Gasteiger partial charge in [-0.1, -0.05) is 0 Å². The fraction of sp³-hybridized carbons (Fsp3) is 0.300. The summed E-state index contributed by atoms with van der Waals surface area (Å²) < 4.78 is 5.06. The number of hydroxylamine groups is 1. The van der Waals surface area contributed by atoms with E-state index in [1.54, 1.807) is 18.2 Å². The van der Waals surface area contributed by atoms with Gasteiger partial charge in [0.15, 0.2) is 11.5 Å². The minimum atomic E-state index is 0. The Morgan fingerprint density at radius 2 is 2.19 bits per heavy atom. The molecule has 0 aliphatic rings. The molecule has 16 heavy (non-hydrogen) atoms. The number of nitrogens with two attached hydrogens (primary N) is 1. The van der Waals surface area contributed by atoms with Crippen LogP contribution in [-0.2, 0) is 18.6 Å². The van der Waals surface area contributed by atoms with Gasteiger partial charge in [-0.3, -0.25) is 4.79 Å². The van der Waals surface area contributed by atoms with Crippen LogP contribution in [0.3, 0.4) is 0 Å². The molecule has 0 aromatic heterocycles. The maximum atomic E-state index is 10.5. The van der Waals surface area contributed by atoms with E-state index in [4.69, 9.17) is 15.3 Å². The van der Waals surface area contributed by atoms with Crippen LogP contribution in [0.1, 0.15) is 10.4 Å². The quantitative estimate of drug-likeness (QED) is 0.439. The summed E-state index contributed by atoms with van der Waals surface area (Å²) >= 11 is 0. The Hall–Kier alpha value is -1.01. The molecule has 1 aromatic carbocycles. The number of ether oxygens (including phenoxy) is 1. The molecule has 1 aromatic rings. The van der Waals surface area contributed by atoms with Crippen molar-refractivity contribution < 1.29 is 32.9 Å². The van der Waals surface area contributed by atoms with E-state index < -0.39 is 0 Å². The first-order valence-electron chi connectivity index (χ1n) is 4.54. The SMILES string of the molecule is COc1cc(C=O)ccc1ONCCN.[V]. The van der Waals surface area contributed by atoms with E-state index in [1.165, 1.54) is 7.11 Å². The Morgan fingerprint density at radius 1 is 1.44 bits per heavy atom. The van der Waals surface area contributed by atoms with Gasteiger partial charge in [-0.05, 0) is 18.2 Å². The molecule has 1 rings (SSSR count). The number of aldehydes is 1. The molecule has 0 aliphatic carbocycles. The predicted molar refractivity (Wildman–Crippen MR) is 56.1 cm³/mol. The van der Waals surface area contributed by atoms with Gasteiger partial charge in [-0.15, -0.1) is 0 Å². The van der Waals surface area contributed by atoms with Crippen LogP contribution < -0.4 is 20.8 Å². The molecule has 0 bridgehead atoms. The Morgan fingerprint density at radius 3 is 2.75 bits per heavy atom. The fourth-order valence-corrected chi connectivity index (χ4v) is 1.03. The molecule has 0 atom stereocenters. The van der Waals surface area contributed by atoms with Gasteiger partial charge in [-0.2, -0.15) is 5.48 Å². The average Bonchev–Trinajstić information content (AvgIpc) is 2.29. The molecule has 6 heteroatoms. The first-order chi connectivity index (χ1) is 7.31. The normalized spacial score (nSPS) is 9.12. The maximum Gasteiger partial charge on any atom is 0.188 e. The Labute approximate surface area is 106 Å². The second-order valence-electron chi connectivity index (χ2n) is 2.81. The summed E-state index contributed by atoms with van der Waals surface area (Å²) in [7, 11) is 1.51. The standard InChI is InChI=1S/C10H14N2O3.V/c1-14-10-6-8(7-13)2-3-9(10)15-12-5-4-11;/h2-3,6-7,12H,4-5,11H2,1H3;. The van der Waals surface area contributed by atoms with Gasteiger partial charge in [0, 0.05) is 37.2 Å². The van der Waals surface area contributed by atoms with Crippen molar-refractivity contribution in [2.75, 3.05) is 20.2 Å². The van der Waals surface area contributed by atoms with Gasteiger partial charge < -0.3 is 15.3 Å². The van der Waals surface area contributed by atoms with Gasteiger partial charge in [0.1, 0.15) is 6.29 Å². The van der Waals surface area contributed by atoms with E-state index in [0.717, 1.165) is 6.29 Å². The van der Waals surface area contributed by atoms with Crippen molar-refractivity contribution in [2.45, 2.75) is 0 Å².